The number of likely N-dealkylation sites (N-methyl/N-ethyl adjacent to an activating group) is 1. The molecular weight excluding hydrogens is 224 g/mol. The number of hydrogen-bond acceptors (Lipinski definition) is 3. The molecule has 0 aliphatic rings. The van der Waals surface area contributed by atoms with Gasteiger partial charge in [-0.3, -0.25) is 4.98 Å². The normalized spacial score (nSPS) is 12.5. The van der Waals surface area contributed by atoms with Gasteiger partial charge < -0.3 is 10.1 Å². The molecule has 1 heterocycles. The lowest BCUT2D eigenvalue weighted by Crippen LogP contribution is -2.28. The molecule has 0 saturated carbocycles. The van der Waals surface area contributed by atoms with Gasteiger partial charge in [0.25, 0.3) is 0 Å². The average molecular weight is 250 g/mol. The maximum absolute atomic E-state index is 5.45. The Labute approximate surface area is 111 Å². The highest BCUT2D eigenvalue weighted by Crippen LogP contribution is 2.25. The van der Waals surface area contributed by atoms with Crippen LogP contribution in [0.2, 0.25) is 0 Å². The van der Waals surface area contributed by atoms with Crippen LogP contribution in [0.3, 0.4) is 0 Å². The smallest absolute Gasteiger partial charge is 0.128 e. The molecule has 102 valence electrons. The highest BCUT2D eigenvalue weighted by Gasteiger charge is 2.13. The summed E-state index contributed by atoms with van der Waals surface area (Å²) in [5.41, 5.74) is 3.43. The monoisotopic (exact) mass is 250 g/mol. The van der Waals surface area contributed by atoms with E-state index < -0.39 is 0 Å². The molecule has 0 aromatic carbocycles. The van der Waals surface area contributed by atoms with Crippen molar-refractivity contribution in [2.75, 3.05) is 14.2 Å². The van der Waals surface area contributed by atoms with Crippen LogP contribution in [-0.4, -0.2) is 25.2 Å². The Morgan fingerprint density at radius 2 is 2.11 bits per heavy atom. The van der Waals surface area contributed by atoms with Crippen LogP contribution in [-0.2, 0) is 6.42 Å². The van der Waals surface area contributed by atoms with Crippen LogP contribution in [0.1, 0.15) is 43.0 Å². The Morgan fingerprint density at radius 3 is 2.67 bits per heavy atom. The van der Waals surface area contributed by atoms with E-state index in [1.165, 1.54) is 24.8 Å². The van der Waals surface area contributed by atoms with E-state index in [1.807, 2.05) is 20.2 Å². The molecule has 0 saturated heterocycles. The van der Waals surface area contributed by atoms with Gasteiger partial charge in [-0.15, -0.1) is 0 Å². The summed E-state index contributed by atoms with van der Waals surface area (Å²) < 4.78 is 5.45. The first-order valence-corrected chi connectivity index (χ1v) is 6.80. The van der Waals surface area contributed by atoms with Crippen molar-refractivity contribution in [2.24, 2.45) is 0 Å². The highest BCUT2D eigenvalue weighted by molar-refractivity contribution is 5.41. The molecule has 0 amide bonds. The van der Waals surface area contributed by atoms with Crippen molar-refractivity contribution in [1.82, 2.24) is 10.3 Å². The Hall–Kier alpha value is -1.09. The molecule has 1 aromatic rings. The number of nitrogens with one attached hydrogen (secondary N) is 1. The van der Waals surface area contributed by atoms with Gasteiger partial charge in [-0.25, -0.2) is 0 Å². The fourth-order valence-electron chi connectivity index (χ4n) is 2.31. The number of methoxy groups -OCH3 is 1. The van der Waals surface area contributed by atoms with Gasteiger partial charge in [-0.05, 0) is 27.3 Å². The first-order chi connectivity index (χ1) is 8.63. The Bertz CT molecular complexity index is 377. The van der Waals surface area contributed by atoms with E-state index >= 15 is 0 Å². The number of aromatic nitrogens is 1. The molecule has 1 aromatic heterocycles. The lowest BCUT2D eigenvalue weighted by atomic mass is 10.0. The number of unbranched alkanes of at least 4 members (excludes halogenated alkanes) is 1. The number of nitrogens with zero attached hydrogens (tertiary/aromatic N) is 1. The summed E-state index contributed by atoms with van der Waals surface area (Å²) >= 11 is 0. The second-order valence-corrected chi connectivity index (χ2v) is 4.88. The fraction of sp³-hybridized carbons (Fsp3) is 0.667. The zero-order valence-corrected chi connectivity index (χ0v) is 12.3. The standard InChI is InChI=1S/C15H26N2O/c1-6-7-8-13(16-4)9-14-12(3)15(18-5)11(2)10-17-14/h10,13,16H,6-9H2,1-5H3. The van der Waals surface area contributed by atoms with Gasteiger partial charge in [-0.2, -0.15) is 0 Å². The Kier molecular flexibility index (Phi) is 6.13. The van der Waals surface area contributed by atoms with Gasteiger partial charge >= 0.3 is 0 Å². The molecule has 1 rings (SSSR count). The zero-order chi connectivity index (χ0) is 13.5. The summed E-state index contributed by atoms with van der Waals surface area (Å²) in [6.45, 7) is 6.36. The van der Waals surface area contributed by atoms with Crippen LogP contribution in [0.5, 0.6) is 5.75 Å². The molecule has 1 unspecified atom stereocenters. The number of hydrogen-bond donors (Lipinski definition) is 1. The van der Waals surface area contributed by atoms with E-state index in [2.05, 4.69) is 24.1 Å². The molecule has 3 heteroatoms. The van der Waals surface area contributed by atoms with Gasteiger partial charge in [0.15, 0.2) is 0 Å². The largest absolute Gasteiger partial charge is 0.496 e. The average Bonchev–Trinajstić information content (AvgIpc) is 2.37. The molecule has 0 bridgehead atoms. The molecule has 1 atom stereocenters. The van der Waals surface area contributed by atoms with Gasteiger partial charge in [-0.1, -0.05) is 19.8 Å². The second-order valence-electron chi connectivity index (χ2n) is 4.88. The summed E-state index contributed by atoms with van der Waals surface area (Å²) in [7, 11) is 3.76. The highest BCUT2D eigenvalue weighted by atomic mass is 16.5. The number of aryl methyl sites for hydroxylation is 1. The maximum Gasteiger partial charge on any atom is 0.128 e. The minimum Gasteiger partial charge on any atom is -0.496 e. The van der Waals surface area contributed by atoms with Crippen LogP contribution in [0.25, 0.3) is 0 Å². The first kappa shape index (κ1) is 15.0. The van der Waals surface area contributed by atoms with Crippen molar-refractivity contribution in [2.45, 2.75) is 52.5 Å². The Balaban J connectivity index is 2.83. The van der Waals surface area contributed by atoms with E-state index in [1.54, 1.807) is 7.11 Å². The van der Waals surface area contributed by atoms with Crippen molar-refractivity contribution < 1.29 is 4.74 Å². The molecule has 0 spiro atoms. The summed E-state index contributed by atoms with van der Waals surface area (Å²) in [6, 6.07) is 0.503. The molecule has 3 nitrogen and oxygen atoms in total. The topological polar surface area (TPSA) is 34.1 Å². The van der Waals surface area contributed by atoms with Crippen LogP contribution in [0, 0.1) is 13.8 Å². The van der Waals surface area contributed by atoms with E-state index in [0.717, 1.165) is 23.4 Å². The summed E-state index contributed by atoms with van der Waals surface area (Å²) in [4.78, 5) is 4.56. The van der Waals surface area contributed by atoms with E-state index in [4.69, 9.17) is 4.74 Å². The summed E-state index contributed by atoms with van der Waals surface area (Å²) in [5, 5.41) is 3.38. The summed E-state index contributed by atoms with van der Waals surface area (Å²) in [6.07, 6.45) is 6.58. The van der Waals surface area contributed by atoms with Crippen molar-refractivity contribution >= 4 is 0 Å². The van der Waals surface area contributed by atoms with Crippen LogP contribution in [0.15, 0.2) is 6.20 Å². The molecule has 0 aliphatic carbocycles. The van der Waals surface area contributed by atoms with Crippen molar-refractivity contribution in [3.8, 4) is 5.75 Å². The first-order valence-electron chi connectivity index (χ1n) is 6.80. The SMILES string of the molecule is CCCCC(Cc1ncc(C)c(OC)c1C)NC. The third-order valence-corrected chi connectivity index (χ3v) is 3.50. The maximum atomic E-state index is 5.45. The van der Waals surface area contributed by atoms with Crippen molar-refractivity contribution in [1.29, 1.82) is 0 Å². The van der Waals surface area contributed by atoms with Crippen LogP contribution in [0.4, 0.5) is 0 Å². The molecule has 0 aliphatic heterocycles. The van der Waals surface area contributed by atoms with Crippen LogP contribution >= 0.6 is 0 Å². The number of ether oxygens (including phenoxy) is 1. The number of rotatable bonds is 7. The molecule has 0 radical (unpaired) electrons. The van der Waals surface area contributed by atoms with Crippen molar-refractivity contribution in [3.63, 3.8) is 0 Å². The van der Waals surface area contributed by atoms with Gasteiger partial charge in [0.1, 0.15) is 5.75 Å². The van der Waals surface area contributed by atoms with Crippen LogP contribution < -0.4 is 10.1 Å². The van der Waals surface area contributed by atoms with Gasteiger partial charge in [0, 0.05) is 35.5 Å². The minimum absolute atomic E-state index is 0.503. The quantitative estimate of drug-likeness (QED) is 0.807. The predicted octanol–water partition coefficient (Wildman–Crippen LogP) is 3.03. The van der Waals surface area contributed by atoms with Gasteiger partial charge in [0.2, 0.25) is 0 Å². The second kappa shape index (κ2) is 7.37. The van der Waals surface area contributed by atoms with Crippen molar-refractivity contribution in [3.05, 3.63) is 23.0 Å². The predicted molar refractivity (Wildman–Crippen MR) is 76.3 cm³/mol. The fourth-order valence-corrected chi connectivity index (χ4v) is 2.31. The summed E-state index contributed by atoms with van der Waals surface area (Å²) in [5.74, 6) is 0.977. The number of pyridine rings is 1. The molecular formula is C15H26N2O. The lowest BCUT2D eigenvalue weighted by molar-refractivity contribution is 0.405. The van der Waals surface area contributed by atoms with Gasteiger partial charge in [0.05, 0.1) is 7.11 Å². The van der Waals surface area contributed by atoms with E-state index in [9.17, 15) is 0 Å². The molecule has 18 heavy (non-hydrogen) atoms. The Morgan fingerprint density at radius 1 is 1.39 bits per heavy atom. The minimum atomic E-state index is 0.503. The zero-order valence-electron chi connectivity index (χ0n) is 12.3. The van der Waals surface area contributed by atoms with E-state index in [-0.39, 0.29) is 0 Å². The third kappa shape index (κ3) is 3.70. The van der Waals surface area contributed by atoms with E-state index in [0.29, 0.717) is 6.04 Å². The third-order valence-electron chi connectivity index (χ3n) is 3.50. The lowest BCUT2D eigenvalue weighted by Gasteiger charge is -2.18. The molecule has 0 fully saturated rings. The molecule has 1 N–H and O–H groups in total.